The molecule has 0 aliphatic heterocycles. The molecule has 1 unspecified atom stereocenters. The molecule has 104 valence electrons. The molecule has 0 aliphatic carbocycles. The van der Waals surface area contributed by atoms with Crippen LogP contribution >= 0.6 is 15.9 Å². The van der Waals surface area contributed by atoms with Crippen LogP contribution in [0.25, 0.3) is 5.57 Å². The molecule has 4 nitrogen and oxygen atoms in total. The third-order valence-electron chi connectivity index (χ3n) is 2.88. The SMILES string of the molecule is CCCC(C(=C=O)C(=O)O)C(=C=O)c1ccc(Br)cc1. The zero-order valence-corrected chi connectivity index (χ0v) is 12.4. The highest BCUT2D eigenvalue weighted by Gasteiger charge is 2.27. The Morgan fingerprint density at radius 2 is 1.85 bits per heavy atom. The van der Waals surface area contributed by atoms with Gasteiger partial charge < -0.3 is 5.11 Å². The van der Waals surface area contributed by atoms with Crippen molar-refractivity contribution in [3.63, 3.8) is 0 Å². The first kappa shape index (κ1) is 16.1. The van der Waals surface area contributed by atoms with E-state index >= 15 is 0 Å². The van der Waals surface area contributed by atoms with E-state index in [9.17, 15) is 14.4 Å². The molecule has 0 aromatic heterocycles. The van der Waals surface area contributed by atoms with Crippen LogP contribution in [0.3, 0.4) is 0 Å². The highest BCUT2D eigenvalue weighted by molar-refractivity contribution is 9.10. The quantitative estimate of drug-likeness (QED) is 0.640. The number of rotatable bonds is 6. The minimum absolute atomic E-state index is 0.167. The number of carbonyl (C=O) groups excluding carboxylic acids is 2. The summed E-state index contributed by atoms with van der Waals surface area (Å²) in [5.74, 6) is 1.07. The number of aliphatic carboxylic acids is 1. The van der Waals surface area contributed by atoms with Gasteiger partial charge in [-0.3, -0.25) is 0 Å². The largest absolute Gasteiger partial charge is 0.477 e. The van der Waals surface area contributed by atoms with Crippen molar-refractivity contribution in [2.45, 2.75) is 19.8 Å². The van der Waals surface area contributed by atoms with Crippen LogP contribution in [0.2, 0.25) is 0 Å². The predicted molar refractivity (Wildman–Crippen MR) is 78.5 cm³/mol. The zero-order chi connectivity index (χ0) is 15.1. The third-order valence-corrected chi connectivity index (χ3v) is 3.41. The number of allylic oxidation sites excluding steroid dienone is 1. The van der Waals surface area contributed by atoms with Crippen molar-refractivity contribution in [3.05, 3.63) is 39.9 Å². The predicted octanol–water partition coefficient (Wildman–Crippen LogP) is 2.92. The fourth-order valence-electron chi connectivity index (χ4n) is 1.95. The minimum Gasteiger partial charge on any atom is -0.477 e. The Labute approximate surface area is 124 Å². The first-order chi connectivity index (χ1) is 9.54. The van der Waals surface area contributed by atoms with Crippen LogP contribution < -0.4 is 0 Å². The number of carboxylic acid groups (broad SMARTS) is 1. The number of hydrogen-bond donors (Lipinski definition) is 1. The lowest BCUT2D eigenvalue weighted by atomic mass is 9.85. The van der Waals surface area contributed by atoms with Crippen LogP contribution in [-0.4, -0.2) is 23.0 Å². The molecule has 1 aromatic carbocycles. The molecule has 0 bridgehead atoms. The van der Waals surface area contributed by atoms with E-state index < -0.39 is 17.5 Å². The van der Waals surface area contributed by atoms with Crippen molar-refractivity contribution in [1.29, 1.82) is 0 Å². The molecule has 1 atom stereocenters. The Hall–Kier alpha value is -1.93. The van der Waals surface area contributed by atoms with Gasteiger partial charge in [-0.05, 0) is 24.1 Å². The molecular formula is C15H13BrO4. The highest BCUT2D eigenvalue weighted by atomic mass is 79.9. The van der Waals surface area contributed by atoms with Crippen molar-refractivity contribution in [2.75, 3.05) is 0 Å². The first-order valence-electron chi connectivity index (χ1n) is 6.04. The van der Waals surface area contributed by atoms with E-state index in [2.05, 4.69) is 15.9 Å². The normalized spacial score (nSPS) is 11.1. The number of carboxylic acids is 1. The Kier molecular flexibility index (Phi) is 6.13. The minimum atomic E-state index is -1.36. The van der Waals surface area contributed by atoms with Gasteiger partial charge in [0.15, 0.2) is 0 Å². The summed E-state index contributed by atoms with van der Waals surface area (Å²) in [5.41, 5.74) is 0.281. The number of hydrogen-bond acceptors (Lipinski definition) is 3. The summed E-state index contributed by atoms with van der Waals surface area (Å²) in [5, 5.41) is 9.06. The molecular weight excluding hydrogens is 324 g/mol. The van der Waals surface area contributed by atoms with Crippen molar-refractivity contribution in [1.82, 2.24) is 0 Å². The average Bonchev–Trinajstić information content (AvgIpc) is 2.42. The fraction of sp³-hybridized carbons (Fsp3) is 0.267. The van der Waals surface area contributed by atoms with Crippen LogP contribution in [0.1, 0.15) is 25.3 Å². The van der Waals surface area contributed by atoms with Gasteiger partial charge in [0.2, 0.25) is 0 Å². The molecule has 0 spiro atoms. The molecule has 0 amide bonds. The van der Waals surface area contributed by atoms with E-state index in [1.165, 1.54) is 5.94 Å². The lowest BCUT2D eigenvalue weighted by molar-refractivity contribution is -0.132. The van der Waals surface area contributed by atoms with Gasteiger partial charge >= 0.3 is 5.97 Å². The van der Waals surface area contributed by atoms with Crippen molar-refractivity contribution in [2.24, 2.45) is 5.92 Å². The lowest BCUT2D eigenvalue weighted by Gasteiger charge is -2.16. The molecule has 0 heterocycles. The van der Waals surface area contributed by atoms with Crippen LogP contribution in [0, 0.1) is 5.92 Å². The van der Waals surface area contributed by atoms with Gasteiger partial charge in [0.1, 0.15) is 17.5 Å². The maximum absolute atomic E-state index is 11.2. The van der Waals surface area contributed by atoms with E-state index in [1.807, 2.05) is 6.92 Å². The Balaban J connectivity index is 3.30. The first-order valence-corrected chi connectivity index (χ1v) is 6.83. The van der Waals surface area contributed by atoms with Crippen LogP contribution in [-0.2, 0) is 14.4 Å². The standard InChI is InChI=1S/C15H13BrO4/c1-2-3-12(14(9-18)15(19)20)13(8-17)10-4-6-11(16)7-5-10/h4-7,12H,2-3H2,1H3,(H,19,20). The number of benzene rings is 1. The fourth-order valence-corrected chi connectivity index (χ4v) is 2.21. The van der Waals surface area contributed by atoms with Gasteiger partial charge in [-0.2, -0.15) is 0 Å². The maximum atomic E-state index is 11.2. The van der Waals surface area contributed by atoms with Crippen molar-refractivity contribution < 1.29 is 19.5 Å². The van der Waals surface area contributed by atoms with Gasteiger partial charge in [0, 0.05) is 10.4 Å². The molecule has 1 aromatic rings. The van der Waals surface area contributed by atoms with Crippen LogP contribution in [0.5, 0.6) is 0 Å². The molecule has 1 rings (SSSR count). The second-order valence-electron chi connectivity index (χ2n) is 4.18. The maximum Gasteiger partial charge on any atom is 0.343 e. The van der Waals surface area contributed by atoms with Gasteiger partial charge in [0.05, 0.1) is 5.57 Å². The van der Waals surface area contributed by atoms with E-state index in [0.717, 1.165) is 4.47 Å². The third kappa shape index (κ3) is 3.78. The Morgan fingerprint density at radius 1 is 1.25 bits per heavy atom. The summed E-state index contributed by atoms with van der Waals surface area (Å²) in [7, 11) is 0. The molecule has 0 aliphatic rings. The molecule has 0 saturated carbocycles. The van der Waals surface area contributed by atoms with E-state index in [-0.39, 0.29) is 5.57 Å². The monoisotopic (exact) mass is 336 g/mol. The number of halogens is 1. The van der Waals surface area contributed by atoms with Gasteiger partial charge in [0.25, 0.3) is 0 Å². The summed E-state index contributed by atoms with van der Waals surface area (Å²) in [6, 6.07) is 6.83. The lowest BCUT2D eigenvalue weighted by Crippen LogP contribution is -2.16. The van der Waals surface area contributed by atoms with E-state index in [4.69, 9.17) is 5.11 Å². The van der Waals surface area contributed by atoms with Gasteiger partial charge in [-0.1, -0.05) is 41.4 Å². The van der Waals surface area contributed by atoms with Crippen LogP contribution in [0.15, 0.2) is 34.3 Å². The topological polar surface area (TPSA) is 71.4 Å². The van der Waals surface area contributed by atoms with Crippen LogP contribution in [0.4, 0.5) is 0 Å². The smallest absolute Gasteiger partial charge is 0.343 e. The zero-order valence-electron chi connectivity index (χ0n) is 10.9. The second-order valence-corrected chi connectivity index (χ2v) is 5.10. The molecule has 0 saturated heterocycles. The van der Waals surface area contributed by atoms with Crippen molar-refractivity contribution >= 4 is 39.4 Å². The molecule has 5 heteroatoms. The van der Waals surface area contributed by atoms with Crippen molar-refractivity contribution in [3.8, 4) is 0 Å². The Morgan fingerprint density at radius 3 is 2.25 bits per heavy atom. The molecule has 1 N–H and O–H groups in total. The van der Waals surface area contributed by atoms with Gasteiger partial charge in [-0.15, -0.1) is 0 Å². The molecule has 0 fully saturated rings. The summed E-state index contributed by atoms with van der Waals surface area (Å²) >= 11 is 3.28. The highest BCUT2D eigenvalue weighted by Crippen LogP contribution is 2.30. The van der Waals surface area contributed by atoms with E-state index in [1.54, 1.807) is 30.2 Å². The average molecular weight is 337 g/mol. The Bertz CT molecular complexity index is 591. The van der Waals surface area contributed by atoms with Gasteiger partial charge in [-0.25, -0.2) is 14.4 Å². The summed E-state index contributed by atoms with van der Waals surface area (Å²) in [6.07, 6.45) is 1.00. The summed E-state index contributed by atoms with van der Waals surface area (Å²) in [6.45, 7) is 1.85. The summed E-state index contributed by atoms with van der Waals surface area (Å²) < 4.78 is 0.836. The summed E-state index contributed by atoms with van der Waals surface area (Å²) in [4.78, 5) is 33.2. The molecule has 0 radical (unpaired) electrons. The second kappa shape index (κ2) is 7.61. The molecule has 20 heavy (non-hydrogen) atoms. The van der Waals surface area contributed by atoms with E-state index in [0.29, 0.717) is 18.4 Å². The number of carbonyl (C=O) groups is 1.